The molecule has 0 bridgehead atoms. The maximum absolute atomic E-state index is 12.1. The highest BCUT2D eigenvalue weighted by Crippen LogP contribution is 2.35. The van der Waals surface area contributed by atoms with Crippen LogP contribution in [-0.2, 0) is 16.0 Å². The summed E-state index contributed by atoms with van der Waals surface area (Å²) in [5.74, 6) is 0.863. The van der Waals surface area contributed by atoms with Crippen LogP contribution in [0.25, 0.3) is 0 Å². The number of carbonyl (C=O) groups is 2. The van der Waals surface area contributed by atoms with E-state index in [2.05, 4.69) is 20.8 Å². The van der Waals surface area contributed by atoms with Crippen LogP contribution in [0.1, 0.15) is 55.0 Å². The first-order chi connectivity index (χ1) is 13.2. The van der Waals surface area contributed by atoms with E-state index in [0.29, 0.717) is 29.6 Å². The molecule has 2 amide bonds. The van der Waals surface area contributed by atoms with Gasteiger partial charge in [0.15, 0.2) is 6.61 Å². The van der Waals surface area contributed by atoms with E-state index in [4.69, 9.17) is 4.74 Å². The number of benzene rings is 1. The van der Waals surface area contributed by atoms with Crippen molar-refractivity contribution in [1.29, 1.82) is 0 Å². The van der Waals surface area contributed by atoms with Crippen LogP contribution in [0.3, 0.4) is 0 Å². The monoisotopic (exact) mass is 386 g/mol. The Labute approximate surface area is 161 Å². The first kappa shape index (κ1) is 17.9. The minimum absolute atomic E-state index is 0.0280. The first-order valence-electron chi connectivity index (χ1n) is 9.36. The van der Waals surface area contributed by atoms with Gasteiger partial charge in [0.05, 0.1) is 0 Å². The highest BCUT2D eigenvalue weighted by Gasteiger charge is 2.20. The summed E-state index contributed by atoms with van der Waals surface area (Å²) >= 11 is 1.46. The molecule has 1 saturated carbocycles. The van der Waals surface area contributed by atoms with Crippen LogP contribution < -0.4 is 15.4 Å². The molecule has 2 aliphatic rings. The quantitative estimate of drug-likeness (QED) is 0.820. The number of fused-ring (bicyclic) bond motifs is 1. The van der Waals surface area contributed by atoms with Crippen LogP contribution in [0.5, 0.6) is 5.75 Å². The molecule has 27 heavy (non-hydrogen) atoms. The number of aryl methyl sites for hydroxylation is 1. The SMILES string of the molecule is O=C(COc1ccc2c(c1)CCC(=O)N2)Nc1nnc(C2CCCCC2)s1. The second kappa shape index (κ2) is 8.04. The Morgan fingerprint density at radius 2 is 2.07 bits per heavy atom. The molecule has 8 heteroatoms. The van der Waals surface area contributed by atoms with Crippen molar-refractivity contribution in [3.05, 3.63) is 28.8 Å². The van der Waals surface area contributed by atoms with Gasteiger partial charge in [0.25, 0.3) is 5.91 Å². The lowest BCUT2D eigenvalue weighted by atomic mass is 9.90. The molecule has 2 N–H and O–H groups in total. The predicted octanol–water partition coefficient (Wildman–Crippen LogP) is 3.49. The summed E-state index contributed by atoms with van der Waals surface area (Å²) in [5, 5.41) is 15.5. The van der Waals surface area contributed by atoms with E-state index >= 15 is 0 Å². The van der Waals surface area contributed by atoms with E-state index in [1.54, 1.807) is 12.1 Å². The number of hydrogen-bond donors (Lipinski definition) is 2. The predicted molar refractivity (Wildman–Crippen MR) is 103 cm³/mol. The van der Waals surface area contributed by atoms with Crippen molar-refractivity contribution in [3.8, 4) is 5.75 Å². The molecule has 0 atom stereocenters. The number of amides is 2. The smallest absolute Gasteiger partial charge is 0.264 e. The lowest BCUT2D eigenvalue weighted by molar-refractivity contribution is -0.118. The van der Waals surface area contributed by atoms with Crippen LogP contribution >= 0.6 is 11.3 Å². The molecular weight excluding hydrogens is 364 g/mol. The van der Waals surface area contributed by atoms with Crippen molar-refractivity contribution in [3.63, 3.8) is 0 Å². The molecule has 2 heterocycles. The Morgan fingerprint density at radius 1 is 1.22 bits per heavy atom. The Hall–Kier alpha value is -2.48. The molecule has 1 aliphatic carbocycles. The minimum atomic E-state index is -0.257. The van der Waals surface area contributed by atoms with Gasteiger partial charge in [0.1, 0.15) is 10.8 Å². The summed E-state index contributed by atoms with van der Waals surface area (Å²) in [6, 6.07) is 5.43. The van der Waals surface area contributed by atoms with Gasteiger partial charge < -0.3 is 10.1 Å². The molecule has 1 aromatic carbocycles. The number of carbonyl (C=O) groups excluding carboxylic acids is 2. The summed E-state index contributed by atoms with van der Waals surface area (Å²) in [7, 11) is 0. The zero-order valence-electron chi connectivity index (χ0n) is 15.0. The van der Waals surface area contributed by atoms with Crippen molar-refractivity contribution < 1.29 is 14.3 Å². The van der Waals surface area contributed by atoms with Crippen LogP contribution in [0.15, 0.2) is 18.2 Å². The molecule has 0 radical (unpaired) electrons. The molecule has 1 fully saturated rings. The summed E-state index contributed by atoms with van der Waals surface area (Å²) < 4.78 is 5.59. The standard InChI is InChI=1S/C19H22N4O3S/c24-16-9-6-13-10-14(7-8-15(13)20-16)26-11-17(25)21-19-23-22-18(27-19)12-4-2-1-3-5-12/h7-8,10,12H,1-6,9,11H2,(H,20,24)(H,21,23,25). The van der Waals surface area contributed by atoms with Crippen LogP contribution in [0.2, 0.25) is 0 Å². The number of hydrogen-bond acceptors (Lipinski definition) is 6. The fraction of sp³-hybridized carbons (Fsp3) is 0.474. The van der Waals surface area contributed by atoms with E-state index in [-0.39, 0.29) is 18.4 Å². The Balaban J connectivity index is 1.30. The van der Waals surface area contributed by atoms with Gasteiger partial charge >= 0.3 is 0 Å². The molecule has 1 aliphatic heterocycles. The van der Waals surface area contributed by atoms with Gasteiger partial charge in [-0.2, -0.15) is 0 Å². The summed E-state index contributed by atoms with van der Waals surface area (Å²) in [6.07, 6.45) is 7.24. The van der Waals surface area contributed by atoms with E-state index in [1.807, 2.05) is 6.07 Å². The van der Waals surface area contributed by atoms with E-state index < -0.39 is 0 Å². The lowest BCUT2D eigenvalue weighted by Crippen LogP contribution is -2.21. The first-order valence-corrected chi connectivity index (χ1v) is 10.2. The Morgan fingerprint density at radius 3 is 2.93 bits per heavy atom. The van der Waals surface area contributed by atoms with Gasteiger partial charge in [0.2, 0.25) is 11.0 Å². The number of ether oxygens (including phenoxy) is 1. The summed E-state index contributed by atoms with van der Waals surface area (Å²) in [6.45, 7) is -0.0938. The van der Waals surface area contributed by atoms with E-state index in [1.165, 1.54) is 30.6 Å². The Kier molecular flexibility index (Phi) is 5.33. The van der Waals surface area contributed by atoms with Gasteiger partial charge in [-0.05, 0) is 43.0 Å². The van der Waals surface area contributed by atoms with Crippen LogP contribution in [-0.4, -0.2) is 28.6 Å². The second-order valence-corrected chi connectivity index (χ2v) is 7.99. The summed E-state index contributed by atoms with van der Waals surface area (Å²) in [4.78, 5) is 23.5. The van der Waals surface area contributed by atoms with Gasteiger partial charge in [-0.1, -0.05) is 30.6 Å². The average molecular weight is 386 g/mol. The topological polar surface area (TPSA) is 93.2 Å². The number of anilines is 2. The fourth-order valence-corrected chi connectivity index (χ4v) is 4.48. The third-order valence-electron chi connectivity index (χ3n) is 4.98. The van der Waals surface area contributed by atoms with Crippen molar-refractivity contribution in [2.75, 3.05) is 17.2 Å². The minimum Gasteiger partial charge on any atom is -0.484 e. The molecule has 1 aromatic heterocycles. The second-order valence-electron chi connectivity index (χ2n) is 6.98. The summed E-state index contributed by atoms with van der Waals surface area (Å²) in [5.41, 5.74) is 1.83. The molecule has 0 unspecified atom stereocenters. The Bertz CT molecular complexity index is 845. The molecule has 7 nitrogen and oxygen atoms in total. The number of rotatable bonds is 5. The number of nitrogens with zero attached hydrogens (tertiary/aromatic N) is 2. The van der Waals surface area contributed by atoms with Crippen molar-refractivity contribution in [1.82, 2.24) is 10.2 Å². The van der Waals surface area contributed by atoms with Crippen molar-refractivity contribution >= 4 is 34.0 Å². The van der Waals surface area contributed by atoms with Gasteiger partial charge in [-0.15, -0.1) is 10.2 Å². The van der Waals surface area contributed by atoms with Gasteiger partial charge in [-0.3, -0.25) is 14.9 Å². The molecule has 0 saturated heterocycles. The van der Waals surface area contributed by atoms with Gasteiger partial charge in [-0.25, -0.2) is 0 Å². The molecule has 2 aromatic rings. The van der Waals surface area contributed by atoms with Crippen LogP contribution in [0, 0.1) is 0 Å². The molecule has 142 valence electrons. The van der Waals surface area contributed by atoms with Gasteiger partial charge in [0, 0.05) is 18.0 Å². The van der Waals surface area contributed by atoms with E-state index in [9.17, 15) is 9.59 Å². The largest absolute Gasteiger partial charge is 0.484 e. The molecular formula is C19H22N4O3S. The van der Waals surface area contributed by atoms with Crippen LogP contribution in [0.4, 0.5) is 10.8 Å². The molecule has 0 spiro atoms. The fourth-order valence-electron chi connectivity index (χ4n) is 3.55. The maximum atomic E-state index is 12.1. The third kappa shape index (κ3) is 4.44. The maximum Gasteiger partial charge on any atom is 0.264 e. The number of aromatic nitrogens is 2. The average Bonchev–Trinajstić information content (AvgIpc) is 3.15. The lowest BCUT2D eigenvalue weighted by Gasteiger charge is -2.18. The highest BCUT2D eigenvalue weighted by molar-refractivity contribution is 7.15. The van der Waals surface area contributed by atoms with Crippen molar-refractivity contribution in [2.24, 2.45) is 0 Å². The molecule has 4 rings (SSSR count). The number of nitrogens with one attached hydrogen (secondary N) is 2. The zero-order valence-corrected chi connectivity index (χ0v) is 15.8. The van der Waals surface area contributed by atoms with E-state index in [0.717, 1.165) is 29.1 Å². The third-order valence-corrected chi connectivity index (χ3v) is 5.98. The van der Waals surface area contributed by atoms with Crippen molar-refractivity contribution in [2.45, 2.75) is 50.9 Å². The highest BCUT2D eigenvalue weighted by atomic mass is 32.1. The normalized spacial score (nSPS) is 17.1. The zero-order chi connectivity index (χ0) is 18.6.